The fourth-order valence-electron chi connectivity index (χ4n) is 2.80. The van der Waals surface area contributed by atoms with Crippen molar-refractivity contribution in [1.82, 2.24) is 4.90 Å². The van der Waals surface area contributed by atoms with Gasteiger partial charge in [0.2, 0.25) is 0 Å². The van der Waals surface area contributed by atoms with Gasteiger partial charge in [0.05, 0.1) is 5.56 Å². The van der Waals surface area contributed by atoms with E-state index in [1.807, 2.05) is 0 Å². The van der Waals surface area contributed by atoms with E-state index in [4.69, 9.17) is 5.73 Å². The molecule has 0 aliphatic heterocycles. The van der Waals surface area contributed by atoms with Crippen molar-refractivity contribution >= 4 is 21.8 Å². The molecular weight excluding hydrogens is 311 g/mol. The number of benzene rings is 1. The Morgan fingerprint density at radius 2 is 2.26 bits per heavy atom. The van der Waals surface area contributed by atoms with Crippen LogP contribution >= 0.6 is 15.9 Å². The fraction of sp³-hybridized carbons (Fsp3) is 0.500. The predicted octanol–water partition coefficient (Wildman–Crippen LogP) is 2.79. The van der Waals surface area contributed by atoms with Gasteiger partial charge in [-0.15, -0.1) is 0 Å². The summed E-state index contributed by atoms with van der Waals surface area (Å²) >= 11 is 3.27. The lowest BCUT2D eigenvalue weighted by Crippen LogP contribution is -2.41. The average Bonchev–Trinajstić information content (AvgIpc) is 2.88. The van der Waals surface area contributed by atoms with Gasteiger partial charge in [-0.2, -0.15) is 0 Å². The van der Waals surface area contributed by atoms with Crippen molar-refractivity contribution in [2.75, 3.05) is 13.6 Å². The number of amides is 1. The highest BCUT2D eigenvalue weighted by Crippen LogP contribution is 2.30. The van der Waals surface area contributed by atoms with Gasteiger partial charge in [-0.05, 0) is 43.5 Å². The molecule has 1 aromatic rings. The summed E-state index contributed by atoms with van der Waals surface area (Å²) in [6, 6.07) is 4.54. The van der Waals surface area contributed by atoms with Crippen molar-refractivity contribution in [2.45, 2.75) is 25.3 Å². The molecule has 3 nitrogen and oxygen atoms in total. The second-order valence-corrected chi connectivity index (χ2v) is 5.95. The van der Waals surface area contributed by atoms with E-state index in [0.29, 0.717) is 16.9 Å². The van der Waals surface area contributed by atoms with E-state index in [2.05, 4.69) is 15.9 Å². The first-order valence-corrected chi connectivity index (χ1v) is 7.26. The van der Waals surface area contributed by atoms with Crippen LogP contribution in [-0.2, 0) is 0 Å². The standard InChI is InChI=1S/C14H18BrFN2O/c1-18(13-4-2-3-9(13)8-17)14(19)11-7-10(15)5-6-12(11)16/h5-7,9,13H,2-4,8,17H2,1H3. The number of hydrogen-bond acceptors (Lipinski definition) is 2. The molecule has 1 amide bonds. The monoisotopic (exact) mass is 328 g/mol. The summed E-state index contributed by atoms with van der Waals surface area (Å²) in [7, 11) is 1.74. The summed E-state index contributed by atoms with van der Waals surface area (Å²) in [6.45, 7) is 0.573. The first-order valence-electron chi connectivity index (χ1n) is 6.47. The number of halogens is 2. The molecule has 0 saturated heterocycles. The SMILES string of the molecule is CN(C(=O)c1cc(Br)ccc1F)C1CCCC1CN. The maximum absolute atomic E-state index is 13.8. The summed E-state index contributed by atoms with van der Waals surface area (Å²) in [5, 5.41) is 0. The van der Waals surface area contributed by atoms with E-state index in [-0.39, 0.29) is 17.5 Å². The fourth-order valence-corrected chi connectivity index (χ4v) is 3.17. The highest BCUT2D eigenvalue weighted by Gasteiger charge is 2.32. The molecule has 0 radical (unpaired) electrons. The van der Waals surface area contributed by atoms with E-state index in [1.54, 1.807) is 18.0 Å². The molecule has 0 aromatic heterocycles. The average molecular weight is 329 g/mol. The number of nitrogens with two attached hydrogens (primary N) is 1. The first kappa shape index (κ1) is 14.5. The second kappa shape index (κ2) is 6.01. The van der Waals surface area contributed by atoms with Crippen molar-refractivity contribution < 1.29 is 9.18 Å². The van der Waals surface area contributed by atoms with Crippen LogP contribution in [0.2, 0.25) is 0 Å². The van der Waals surface area contributed by atoms with Crippen molar-refractivity contribution in [3.63, 3.8) is 0 Å². The van der Waals surface area contributed by atoms with Crippen LogP contribution in [0, 0.1) is 11.7 Å². The van der Waals surface area contributed by atoms with Crippen LogP contribution in [0.5, 0.6) is 0 Å². The minimum atomic E-state index is -0.484. The number of carbonyl (C=O) groups is 1. The summed E-state index contributed by atoms with van der Waals surface area (Å²) in [5.41, 5.74) is 5.85. The highest BCUT2D eigenvalue weighted by molar-refractivity contribution is 9.10. The minimum Gasteiger partial charge on any atom is -0.338 e. The smallest absolute Gasteiger partial charge is 0.256 e. The number of hydrogen-bond donors (Lipinski definition) is 1. The molecule has 1 saturated carbocycles. The normalized spacial score (nSPS) is 22.5. The summed E-state index contributed by atoms with van der Waals surface area (Å²) in [5.74, 6) is -0.435. The molecule has 1 fully saturated rings. The lowest BCUT2D eigenvalue weighted by molar-refractivity contribution is 0.0695. The van der Waals surface area contributed by atoms with Crippen molar-refractivity contribution in [3.05, 3.63) is 34.1 Å². The van der Waals surface area contributed by atoms with Gasteiger partial charge >= 0.3 is 0 Å². The number of nitrogens with zero attached hydrogens (tertiary/aromatic N) is 1. The molecule has 5 heteroatoms. The molecule has 1 aromatic carbocycles. The van der Waals surface area contributed by atoms with E-state index in [0.717, 1.165) is 19.3 Å². The van der Waals surface area contributed by atoms with Crippen LogP contribution in [0.1, 0.15) is 29.6 Å². The molecule has 2 rings (SSSR count). The quantitative estimate of drug-likeness (QED) is 0.927. The molecule has 104 valence electrons. The lowest BCUT2D eigenvalue weighted by Gasteiger charge is -2.29. The van der Waals surface area contributed by atoms with Crippen molar-refractivity contribution in [3.8, 4) is 0 Å². The van der Waals surface area contributed by atoms with E-state index in [9.17, 15) is 9.18 Å². The summed E-state index contributed by atoms with van der Waals surface area (Å²) in [6.07, 6.45) is 3.06. The zero-order valence-corrected chi connectivity index (χ0v) is 12.5. The maximum atomic E-state index is 13.8. The van der Waals surface area contributed by atoms with Gasteiger partial charge in [-0.25, -0.2) is 4.39 Å². The van der Waals surface area contributed by atoms with Crippen LogP contribution in [0.4, 0.5) is 4.39 Å². The zero-order chi connectivity index (χ0) is 14.0. The Morgan fingerprint density at radius 3 is 2.95 bits per heavy atom. The third-order valence-corrected chi connectivity index (χ3v) is 4.39. The van der Waals surface area contributed by atoms with Gasteiger partial charge in [0.25, 0.3) is 5.91 Å². The van der Waals surface area contributed by atoms with E-state index in [1.165, 1.54) is 12.1 Å². The van der Waals surface area contributed by atoms with Gasteiger partial charge in [0.15, 0.2) is 0 Å². The van der Waals surface area contributed by atoms with Crippen LogP contribution < -0.4 is 5.73 Å². The summed E-state index contributed by atoms with van der Waals surface area (Å²) < 4.78 is 14.5. The highest BCUT2D eigenvalue weighted by atomic mass is 79.9. The van der Waals surface area contributed by atoms with E-state index >= 15 is 0 Å². The second-order valence-electron chi connectivity index (χ2n) is 5.03. The minimum absolute atomic E-state index is 0.111. The third-order valence-electron chi connectivity index (χ3n) is 3.90. The zero-order valence-electron chi connectivity index (χ0n) is 10.9. The Kier molecular flexibility index (Phi) is 4.58. The Hall–Kier alpha value is -0.940. The predicted molar refractivity (Wildman–Crippen MR) is 76.4 cm³/mol. The first-order chi connectivity index (χ1) is 9.04. The van der Waals surface area contributed by atoms with Crippen LogP contribution in [0.15, 0.2) is 22.7 Å². The molecule has 0 heterocycles. The molecule has 19 heavy (non-hydrogen) atoms. The topological polar surface area (TPSA) is 46.3 Å². The molecule has 2 unspecified atom stereocenters. The molecule has 0 bridgehead atoms. The van der Waals surface area contributed by atoms with Crippen LogP contribution in [-0.4, -0.2) is 30.4 Å². The molecule has 2 atom stereocenters. The lowest BCUT2D eigenvalue weighted by atomic mass is 10.0. The third kappa shape index (κ3) is 2.98. The Balaban J connectivity index is 2.21. The largest absolute Gasteiger partial charge is 0.338 e. The maximum Gasteiger partial charge on any atom is 0.256 e. The number of carbonyl (C=O) groups excluding carboxylic acids is 1. The van der Waals surface area contributed by atoms with Gasteiger partial charge < -0.3 is 10.6 Å². The van der Waals surface area contributed by atoms with Gasteiger partial charge in [-0.3, -0.25) is 4.79 Å². The molecule has 1 aliphatic carbocycles. The van der Waals surface area contributed by atoms with Gasteiger partial charge in [0.1, 0.15) is 5.82 Å². The Bertz CT molecular complexity index is 481. The van der Waals surface area contributed by atoms with Gasteiger partial charge in [-0.1, -0.05) is 22.4 Å². The molecule has 1 aliphatic rings. The molecular formula is C14H18BrFN2O. The van der Waals surface area contributed by atoms with Crippen molar-refractivity contribution in [1.29, 1.82) is 0 Å². The molecule has 2 N–H and O–H groups in total. The Morgan fingerprint density at radius 1 is 1.53 bits per heavy atom. The van der Waals surface area contributed by atoms with E-state index < -0.39 is 5.82 Å². The number of rotatable bonds is 3. The summed E-state index contributed by atoms with van der Waals surface area (Å²) in [4.78, 5) is 14.0. The Labute approximate surface area is 121 Å². The van der Waals surface area contributed by atoms with Gasteiger partial charge in [0, 0.05) is 17.6 Å². The van der Waals surface area contributed by atoms with Crippen LogP contribution in [0.3, 0.4) is 0 Å². The molecule has 0 spiro atoms. The van der Waals surface area contributed by atoms with Crippen LogP contribution in [0.25, 0.3) is 0 Å². The van der Waals surface area contributed by atoms with Crippen molar-refractivity contribution in [2.24, 2.45) is 11.7 Å².